The Morgan fingerprint density at radius 2 is 1.53 bits per heavy atom. The Morgan fingerprint density at radius 3 is 2.12 bits per heavy atom. The lowest BCUT2D eigenvalue weighted by atomic mass is 10.1. The van der Waals surface area contributed by atoms with Crippen molar-refractivity contribution in [2.24, 2.45) is 0 Å². The van der Waals surface area contributed by atoms with Gasteiger partial charge < -0.3 is 14.8 Å². The van der Waals surface area contributed by atoms with E-state index >= 15 is 0 Å². The molecule has 1 saturated heterocycles. The van der Waals surface area contributed by atoms with E-state index in [1.165, 1.54) is 11.8 Å². The second-order valence-corrected chi connectivity index (χ2v) is 10.2. The Balaban J connectivity index is 1.59. The molecule has 32 heavy (non-hydrogen) atoms. The predicted octanol–water partition coefficient (Wildman–Crippen LogP) is 6.86. The summed E-state index contributed by atoms with van der Waals surface area (Å²) in [6, 6.07) is 21.4. The van der Waals surface area contributed by atoms with Gasteiger partial charge in [0.1, 0.15) is 29.0 Å². The molecule has 0 spiro atoms. The first-order chi connectivity index (χ1) is 15.5. The molecule has 0 bridgehead atoms. The molecule has 1 heterocycles. The van der Waals surface area contributed by atoms with E-state index in [0.29, 0.717) is 33.9 Å². The fourth-order valence-electron chi connectivity index (χ4n) is 2.97. The molecule has 1 amide bonds. The maximum absolute atomic E-state index is 12.2. The van der Waals surface area contributed by atoms with Gasteiger partial charge >= 0.3 is 0 Å². The van der Waals surface area contributed by atoms with Crippen LogP contribution in [0, 0.1) is 0 Å². The van der Waals surface area contributed by atoms with E-state index in [0.717, 1.165) is 25.6 Å². The minimum atomic E-state index is -0.212. The third kappa shape index (κ3) is 5.81. The van der Waals surface area contributed by atoms with Gasteiger partial charge in [-0.2, -0.15) is 0 Å². The normalized spacial score (nSPS) is 14.5. The van der Waals surface area contributed by atoms with Gasteiger partial charge in [-0.25, -0.2) is 0 Å². The lowest BCUT2D eigenvalue weighted by Crippen LogP contribution is -2.17. The lowest BCUT2D eigenvalue weighted by molar-refractivity contribution is -0.115. The van der Waals surface area contributed by atoms with Crippen molar-refractivity contribution in [3.8, 4) is 11.5 Å². The third-order valence-electron chi connectivity index (χ3n) is 4.60. The summed E-state index contributed by atoms with van der Waals surface area (Å²) in [7, 11) is 0. The van der Waals surface area contributed by atoms with Crippen LogP contribution >= 0.6 is 55.8 Å². The molecule has 1 aliphatic heterocycles. The van der Waals surface area contributed by atoms with Gasteiger partial charge in [0, 0.05) is 25.6 Å². The van der Waals surface area contributed by atoms with Crippen LogP contribution in [0.5, 0.6) is 11.5 Å². The summed E-state index contributed by atoms with van der Waals surface area (Å²) in [4.78, 5) is 12.7. The third-order valence-corrected chi connectivity index (χ3v) is 7.31. The Bertz CT molecular complexity index is 1210. The quantitative estimate of drug-likeness (QED) is 0.241. The minimum Gasteiger partial charge on any atom is -0.489 e. The summed E-state index contributed by atoms with van der Waals surface area (Å²) in [6.45, 7) is 0.792. The number of amides is 1. The summed E-state index contributed by atoms with van der Waals surface area (Å²) < 4.78 is 14.5. The SMILES string of the molecule is O=C1NC(=S)S/C1=C\c1cc(OCc2ccccc2Br)ccc1OCc1ccccc1Br. The monoisotopic (exact) mass is 589 g/mol. The fourth-order valence-corrected chi connectivity index (χ4v) is 4.80. The van der Waals surface area contributed by atoms with E-state index < -0.39 is 0 Å². The van der Waals surface area contributed by atoms with E-state index in [-0.39, 0.29) is 5.91 Å². The molecule has 1 N–H and O–H groups in total. The summed E-state index contributed by atoms with van der Waals surface area (Å²) in [5.41, 5.74) is 2.80. The van der Waals surface area contributed by atoms with Gasteiger partial charge in [-0.05, 0) is 36.4 Å². The van der Waals surface area contributed by atoms with Crippen molar-refractivity contribution >= 4 is 72.1 Å². The Morgan fingerprint density at radius 1 is 0.906 bits per heavy atom. The highest BCUT2D eigenvalue weighted by molar-refractivity contribution is 9.10. The molecule has 3 aromatic rings. The van der Waals surface area contributed by atoms with Gasteiger partial charge in [0.15, 0.2) is 0 Å². The van der Waals surface area contributed by atoms with Crippen molar-refractivity contribution in [1.82, 2.24) is 5.32 Å². The highest BCUT2D eigenvalue weighted by Gasteiger charge is 2.22. The zero-order valence-corrected chi connectivity index (χ0v) is 21.4. The maximum atomic E-state index is 12.2. The second kappa shape index (κ2) is 10.7. The van der Waals surface area contributed by atoms with E-state index in [1.54, 1.807) is 6.08 Å². The molecule has 1 fully saturated rings. The van der Waals surface area contributed by atoms with Gasteiger partial charge in [0.25, 0.3) is 5.91 Å². The summed E-state index contributed by atoms with van der Waals surface area (Å²) in [5, 5.41) is 2.64. The number of rotatable bonds is 7. The zero-order valence-electron chi connectivity index (χ0n) is 16.6. The van der Waals surface area contributed by atoms with Crippen LogP contribution < -0.4 is 14.8 Å². The number of thioether (sulfide) groups is 1. The van der Waals surface area contributed by atoms with Gasteiger partial charge in [-0.1, -0.05) is 92.2 Å². The van der Waals surface area contributed by atoms with Crippen LogP contribution in [0.4, 0.5) is 0 Å². The number of halogens is 2. The van der Waals surface area contributed by atoms with Crippen molar-refractivity contribution in [2.75, 3.05) is 0 Å². The average molecular weight is 591 g/mol. The fraction of sp³-hybridized carbons (Fsp3) is 0.0833. The molecule has 8 heteroatoms. The van der Waals surface area contributed by atoms with Crippen LogP contribution in [0.25, 0.3) is 6.08 Å². The topological polar surface area (TPSA) is 47.6 Å². The number of benzene rings is 3. The molecule has 0 aliphatic carbocycles. The smallest absolute Gasteiger partial charge is 0.263 e. The Kier molecular flexibility index (Phi) is 7.67. The van der Waals surface area contributed by atoms with Crippen LogP contribution in [0.3, 0.4) is 0 Å². The molecule has 0 aromatic heterocycles. The summed E-state index contributed by atoms with van der Waals surface area (Å²) in [5.74, 6) is 1.11. The van der Waals surface area contributed by atoms with Crippen molar-refractivity contribution in [3.63, 3.8) is 0 Å². The average Bonchev–Trinajstić information content (AvgIpc) is 3.10. The van der Waals surface area contributed by atoms with E-state index in [4.69, 9.17) is 21.7 Å². The summed E-state index contributed by atoms with van der Waals surface area (Å²) in [6.07, 6.45) is 1.78. The molecule has 0 saturated carbocycles. The molecule has 0 atom stereocenters. The number of carbonyl (C=O) groups excluding carboxylic acids is 1. The number of hydrogen-bond acceptors (Lipinski definition) is 5. The maximum Gasteiger partial charge on any atom is 0.263 e. The first-order valence-corrected chi connectivity index (χ1v) is 12.4. The molecule has 0 radical (unpaired) electrons. The largest absolute Gasteiger partial charge is 0.489 e. The number of thiocarbonyl (C=S) groups is 1. The minimum absolute atomic E-state index is 0.212. The van der Waals surface area contributed by atoms with Gasteiger partial charge in [0.2, 0.25) is 0 Å². The van der Waals surface area contributed by atoms with Gasteiger partial charge in [0.05, 0.1) is 4.91 Å². The number of carbonyl (C=O) groups is 1. The highest BCUT2D eigenvalue weighted by Crippen LogP contribution is 2.33. The van der Waals surface area contributed by atoms with Crippen molar-refractivity contribution < 1.29 is 14.3 Å². The van der Waals surface area contributed by atoms with Gasteiger partial charge in [-0.15, -0.1) is 0 Å². The number of hydrogen-bond donors (Lipinski definition) is 1. The Hall–Kier alpha value is -2.13. The Labute approximate surface area is 212 Å². The van der Waals surface area contributed by atoms with Crippen molar-refractivity contribution in [3.05, 3.63) is 97.3 Å². The molecule has 1 aliphatic rings. The van der Waals surface area contributed by atoms with E-state index in [1.807, 2.05) is 66.7 Å². The first kappa shape index (κ1) is 23.0. The van der Waals surface area contributed by atoms with Gasteiger partial charge in [-0.3, -0.25) is 4.79 Å². The second-order valence-electron chi connectivity index (χ2n) is 6.81. The van der Waals surface area contributed by atoms with E-state index in [9.17, 15) is 4.79 Å². The van der Waals surface area contributed by atoms with Crippen LogP contribution in [0.1, 0.15) is 16.7 Å². The van der Waals surface area contributed by atoms with Crippen molar-refractivity contribution in [1.29, 1.82) is 0 Å². The zero-order chi connectivity index (χ0) is 22.5. The standard InChI is InChI=1S/C24H17Br2NO3S2/c25-19-7-3-1-5-15(19)13-29-18-9-10-21(30-14-16-6-2-4-8-20(16)26)17(11-18)12-22-23(28)27-24(31)32-22/h1-12H,13-14H2,(H,27,28,31)/b22-12-. The summed E-state index contributed by atoms with van der Waals surface area (Å²) >= 11 is 13.4. The van der Waals surface area contributed by atoms with Crippen LogP contribution in [-0.2, 0) is 18.0 Å². The molecule has 4 nitrogen and oxygen atoms in total. The molecule has 162 valence electrons. The highest BCUT2D eigenvalue weighted by atomic mass is 79.9. The predicted molar refractivity (Wildman–Crippen MR) is 140 cm³/mol. The van der Waals surface area contributed by atoms with Crippen LogP contribution in [-0.4, -0.2) is 10.2 Å². The molecule has 3 aromatic carbocycles. The van der Waals surface area contributed by atoms with E-state index in [2.05, 4.69) is 37.2 Å². The van der Waals surface area contributed by atoms with Crippen molar-refractivity contribution in [2.45, 2.75) is 13.2 Å². The molecule has 4 rings (SSSR count). The van der Waals surface area contributed by atoms with Crippen LogP contribution in [0.2, 0.25) is 0 Å². The first-order valence-electron chi connectivity index (χ1n) is 9.61. The molecule has 0 unspecified atom stereocenters. The molecular weight excluding hydrogens is 574 g/mol. The molecular formula is C24H17Br2NO3S2. The lowest BCUT2D eigenvalue weighted by Gasteiger charge is -2.13. The number of nitrogens with one attached hydrogen (secondary N) is 1. The number of ether oxygens (including phenoxy) is 2. The van der Waals surface area contributed by atoms with Crippen LogP contribution in [0.15, 0.2) is 80.6 Å².